The van der Waals surface area contributed by atoms with Crippen LogP contribution >= 0.6 is 0 Å². The predicted molar refractivity (Wildman–Crippen MR) is 216 cm³/mol. The molecule has 2 bridgehead atoms. The highest BCUT2D eigenvalue weighted by atomic mass is 16.5. The second kappa shape index (κ2) is 16.5. The highest BCUT2D eigenvalue weighted by Crippen LogP contribution is 2.54. The van der Waals surface area contributed by atoms with E-state index in [4.69, 9.17) is 19.5 Å². The Morgan fingerprint density at radius 2 is 1.30 bits per heavy atom. The van der Waals surface area contributed by atoms with Crippen LogP contribution in [0.1, 0.15) is 83.8 Å². The van der Waals surface area contributed by atoms with E-state index in [1.807, 2.05) is 45.0 Å². The molecule has 296 valence electrons. The average molecular weight is 763 g/mol. The SMILES string of the molecule is COC(=O)N[C@H](C(=O)N1CCC[C@H]1C1=NC=C(c2ccc(-c3ccc(C4=CN=C(C5C6CCC(C6)[C@H]5C(=O)N(NC(=O)OC)C(C)C)C4)cc3)cc2)C1)C(C)C. The summed E-state index contributed by atoms with van der Waals surface area (Å²) in [7, 11) is 2.61. The van der Waals surface area contributed by atoms with E-state index in [0.717, 1.165) is 76.9 Å². The first-order chi connectivity index (χ1) is 27.0. The summed E-state index contributed by atoms with van der Waals surface area (Å²) >= 11 is 0. The van der Waals surface area contributed by atoms with Gasteiger partial charge in [-0.3, -0.25) is 19.6 Å². The third kappa shape index (κ3) is 7.75. The molecule has 5 aliphatic rings. The Morgan fingerprint density at radius 1 is 0.750 bits per heavy atom. The molecule has 2 aromatic rings. The third-order valence-electron chi connectivity index (χ3n) is 12.4. The Morgan fingerprint density at radius 3 is 1.88 bits per heavy atom. The molecule has 6 atom stereocenters. The predicted octanol–water partition coefficient (Wildman–Crippen LogP) is 7.27. The zero-order valence-electron chi connectivity index (χ0n) is 33.3. The number of alkyl carbamates (subject to hydrolysis) is 1. The number of likely N-dealkylation sites (tertiary alicyclic amines) is 1. The number of carbonyl (C=O) groups is 4. The standard InChI is InChI=1S/C44H54N6O6/c1-25(2)40(47-43(53)55-5)42(52)49-19-7-8-37(49)35-21-33(23-45-35)29-13-9-27(10-14-29)28-11-15-30(16-12-28)34-22-36(46-24-34)38-31-17-18-32(20-31)39(38)41(51)50(26(3)4)48-44(54)56-6/h9-16,23-26,31-32,37-40H,7-8,17-22H2,1-6H3,(H,47,53)(H,48,54)/t31?,32?,37-,38?,39+,40-/m0/s1. The molecule has 0 spiro atoms. The van der Waals surface area contributed by atoms with Crippen LogP contribution in [0.25, 0.3) is 22.3 Å². The first-order valence-electron chi connectivity index (χ1n) is 20.0. The molecular weight excluding hydrogens is 709 g/mol. The number of hydrogen-bond acceptors (Lipinski definition) is 8. The molecule has 2 aromatic carbocycles. The average Bonchev–Trinajstić information content (AvgIpc) is 4.06. The molecule has 2 N–H and O–H groups in total. The van der Waals surface area contributed by atoms with E-state index in [0.29, 0.717) is 31.2 Å². The van der Waals surface area contributed by atoms with Crippen LogP contribution in [-0.2, 0) is 19.1 Å². The number of ether oxygens (including phenoxy) is 2. The Bertz CT molecular complexity index is 1970. The van der Waals surface area contributed by atoms with Gasteiger partial charge >= 0.3 is 12.2 Å². The number of rotatable bonds is 10. The fourth-order valence-corrected chi connectivity index (χ4v) is 9.53. The maximum atomic E-state index is 13.9. The van der Waals surface area contributed by atoms with Gasteiger partial charge in [0, 0.05) is 55.2 Å². The molecule has 12 nitrogen and oxygen atoms in total. The quantitative estimate of drug-likeness (QED) is 0.244. The summed E-state index contributed by atoms with van der Waals surface area (Å²) in [6, 6.07) is 16.2. The Balaban J connectivity index is 0.958. The van der Waals surface area contributed by atoms with Gasteiger partial charge in [0.15, 0.2) is 0 Å². The van der Waals surface area contributed by atoms with Gasteiger partial charge < -0.3 is 19.7 Å². The zero-order chi connectivity index (χ0) is 39.7. The van der Waals surface area contributed by atoms with E-state index < -0.39 is 18.2 Å². The Kier molecular flexibility index (Phi) is 11.5. The minimum Gasteiger partial charge on any atom is -0.453 e. The largest absolute Gasteiger partial charge is 0.453 e. The van der Waals surface area contributed by atoms with Crippen molar-refractivity contribution in [2.45, 2.75) is 90.8 Å². The maximum Gasteiger partial charge on any atom is 0.425 e. The minimum atomic E-state index is -0.655. The van der Waals surface area contributed by atoms with Crippen molar-refractivity contribution in [3.63, 3.8) is 0 Å². The van der Waals surface area contributed by atoms with E-state index in [1.165, 1.54) is 19.2 Å². The number of fused-ring (bicyclic) bond motifs is 2. The van der Waals surface area contributed by atoms with Crippen LogP contribution in [0.5, 0.6) is 0 Å². The van der Waals surface area contributed by atoms with Crippen LogP contribution in [0.4, 0.5) is 9.59 Å². The van der Waals surface area contributed by atoms with E-state index in [9.17, 15) is 19.2 Å². The fraction of sp³-hybridized carbons (Fsp3) is 0.500. The van der Waals surface area contributed by atoms with Crippen LogP contribution in [0.15, 0.2) is 70.9 Å². The fourth-order valence-electron chi connectivity index (χ4n) is 9.53. The van der Waals surface area contributed by atoms with Crippen molar-refractivity contribution in [1.29, 1.82) is 0 Å². The summed E-state index contributed by atoms with van der Waals surface area (Å²) in [4.78, 5) is 63.1. The number of nitrogens with zero attached hydrogens (tertiary/aromatic N) is 4. The summed E-state index contributed by atoms with van der Waals surface area (Å²) in [5, 5.41) is 4.16. The zero-order valence-corrected chi connectivity index (χ0v) is 33.3. The lowest BCUT2D eigenvalue weighted by Crippen LogP contribution is -2.54. The van der Waals surface area contributed by atoms with Crippen LogP contribution < -0.4 is 10.7 Å². The number of hydrogen-bond donors (Lipinski definition) is 2. The lowest BCUT2D eigenvalue weighted by molar-refractivity contribution is -0.143. The number of benzene rings is 2. The molecule has 3 unspecified atom stereocenters. The molecule has 1 saturated heterocycles. The summed E-state index contributed by atoms with van der Waals surface area (Å²) in [5.41, 5.74) is 11.4. The summed E-state index contributed by atoms with van der Waals surface area (Å²) in [5.74, 6) is 0.359. The summed E-state index contributed by atoms with van der Waals surface area (Å²) < 4.78 is 9.58. The van der Waals surface area contributed by atoms with Gasteiger partial charge in [0.25, 0.3) is 0 Å². The van der Waals surface area contributed by atoms with Gasteiger partial charge in [0.2, 0.25) is 11.8 Å². The van der Waals surface area contributed by atoms with Crippen molar-refractivity contribution in [3.05, 3.63) is 72.1 Å². The highest BCUT2D eigenvalue weighted by Gasteiger charge is 2.54. The third-order valence-corrected chi connectivity index (χ3v) is 12.4. The molecule has 0 aromatic heterocycles. The molecule has 12 heteroatoms. The number of amides is 4. The highest BCUT2D eigenvalue weighted by molar-refractivity contribution is 6.04. The topological polar surface area (TPSA) is 142 Å². The van der Waals surface area contributed by atoms with Gasteiger partial charge in [-0.15, -0.1) is 0 Å². The van der Waals surface area contributed by atoms with Crippen LogP contribution in [0.2, 0.25) is 0 Å². The molecule has 3 heterocycles. The second-order valence-electron chi connectivity index (χ2n) is 16.4. The normalized spacial score (nSPS) is 24.4. The first-order valence-corrected chi connectivity index (χ1v) is 20.0. The summed E-state index contributed by atoms with van der Waals surface area (Å²) in [6.45, 7) is 8.27. The van der Waals surface area contributed by atoms with Crippen LogP contribution in [-0.4, -0.2) is 84.2 Å². The van der Waals surface area contributed by atoms with Crippen LogP contribution in [0.3, 0.4) is 0 Å². The van der Waals surface area contributed by atoms with E-state index in [-0.39, 0.29) is 41.7 Å². The van der Waals surface area contributed by atoms with Gasteiger partial charge in [-0.1, -0.05) is 62.4 Å². The van der Waals surface area contributed by atoms with Crippen molar-refractivity contribution in [2.24, 2.45) is 39.6 Å². The molecular formula is C44H54N6O6. The lowest BCUT2D eigenvalue weighted by Gasteiger charge is -2.36. The molecule has 3 fully saturated rings. The van der Waals surface area contributed by atoms with Gasteiger partial charge in [-0.05, 0) is 97.1 Å². The first kappa shape index (κ1) is 39.0. The maximum absolute atomic E-state index is 13.9. The van der Waals surface area contributed by atoms with Crippen molar-refractivity contribution < 1.29 is 28.7 Å². The Hall–Kier alpha value is -5.26. The van der Waals surface area contributed by atoms with E-state index >= 15 is 0 Å². The van der Waals surface area contributed by atoms with Crippen molar-refractivity contribution in [1.82, 2.24) is 20.7 Å². The van der Waals surface area contributed by atoms with Crippen molar-refractivity contribution in [2.75, 3.05) is 20.8 Å². The summed E-state index contributed by atoms with van der Waals surface area (Å²) in [6.07, 6.45) is 8.94. The van der Waals surface area contributed by atoms with Crippen molar-refractivity contribution in [3.8, 4) is 11.1 Å². The number of carbonyl (C=O) groups excluding carboxylic acids is 4. The molecule has 56 heavy (non-hydrogen) atoms. The second-order valence-corrected chi connectivity index (χ2v) is 16.4. The van der Waals surface area contributed by atoms with E-state index in [1.54, 1.807) is 0 Å². The molecule has 3 aliphatic heterocycles. The van der Waals surface area contributed by atoms with Gasteiger partial charge in [0.1, 0.15) is 6.04 Å². The van der Waals surface area contributed by atoms with Crippen LogP contribution in [0, 0.1) is 29.6 Å². The molecule has 2 aliphatic carbocycles. The number of nitrogens with one attached hydrogen (secondary N) is 2. The smallest absolute Gasteiger partial charge is 0.425 e. The molecule has 4 amide bonds. The monoisotopic (exact) mass is 762 g/mol. The number of allylic oxidation sites excluding steroid dienone is 2. The van der Waals surface area contributed by atoms with Gasteiger partial charge in [0.05, 0.1) is 26.2 Å². The number of aliphatic imine (C=N–C) groups is 2. The number of methoxy groups -OCH3 is 2. The van der Waals surface area contributed by atoms with Gasteiger partial charge in [-0.25, -0.2) is 20.0 Å². The van der Waals surface area contributed by atoms with Crippen molar-refractivity contribution >= 4 is 46.6 Å². The molecule has 2 saturated carbocycles. The van der Waals surface area contributed by atoms with E-state index in [2.05, 4.69) is 59.3 Å². The van der Waals surface area contributed by atoms with Gasteiger partial charge in [-0.2, -0.15) is 0 Å². The molecule has 7 rings (SSSR count). The lowest BCUT2D eigenvalue weighted by atomic mass is 9.74. The Labute approximate surface area is 329 Å². The number of hydrazine groups is 1. The minimum absolute atomic E-state index is 0.0510. The molecule has 0 radical (unpaired) electrons.